The molecule has 0 atom stereocenters. The van der Waals surface area contributed by atoms with Crippen LogP contribution in [0.5, 0.6) is 0 Å². The number of nitrogens with two attached hydrogens (primary N) is 1. The van der Waals surface area contributed by atoms with E-state index in [1.54, 1.807) is 7.11 Å². The highest BCUT2D eigenvalue weighted by atomic mass is 32.2. The molecule has 3 N–H and O–H groups in total. The van der Waals surface area contributed by atoms with E-state index in [0.29, 0.717) is 13.2 Å². The third-order valence-electron chi connectivity index (χ3n) is 2.56. The van der Waals surface area contributed by atoms with Crippen LogP contribution >= 0.6 is 0 Å². The summed E-state index contributed by atoms with van der Waals surface area (Å²) in [5.74, 6) is -1.46. The molecule has 0 unspecified atom stereocenters. The van der Waals surface area contributed by atoms with Gasteiger partial charge in [-0.1, -0.05) is 0 Å². The number of primary sulfonamides is 1. The van der Waals surface area contributed by atoms with E-state index in [-0.39, 0.29) is 5.56 Å². The van der Waals surface area contributed by atoms with E-state index >= 15 is 0 Å². The molecular formula is C12H17FN2O4S. The zero-order chi connectivity index (χ0) is 15.2. The number of hydrogen-bond acceptors (Lipinski definition) is 4. The van der Waals surface area contributed by atoms with Crippen molar-refractivity contribution >= 4 is 15.9 Å². The number of halogens is 1. The summed E-state index contributed by atoms with van der Waals surface area (Å²) in [6.45, 7) is 1.02. The van der Waals surface area contributed by atoms with Crippen molar-refractivity contribution in [3.63, 3.8) is 0 Å². The predicted octanol–water partition coefficient (Wildman–Crippen LogP) is 0.630. The summed E-state index contributed by atoms with van der Waals surface area (Å²) in [7, 11) is -2.60. The zero-order valence-corrected chi connectivity index (χ0v) is 11.9. The van der Waals surface area contributed by atoms with Crippen LogP contribution in [0.2, 0.25) is 0 Å². The van der Waals surface area contributed by atoms with Crippen LogP contribution in [0.1, 0.15) is 23.2 Å². The predicted molar refractivity (Wildman–Crippen MR) is 71.2 cm³/mol. The van der Waals surface area contributed by atoms with Crippen LogP contribution in [0.4, 0.5) is 4.39 Å². The Morgan fingerprint density at radius 2 is 2.10 bits per heavy atom. The fraction of sp³-hybridized carbons (Fsp3) is 0.417. The van der Waals surface area contributed by atoms with Crippen molar-refractivity contribution in [3.8, 4) is 0 Å². The van der Waals surface area contributed by atoms with E-state index < -0.39 is 26.6 Å². The summed E-state index contributed by atoms with van der Waals surface area (Å²) < 4.78 is 40.5. The molecule has 0 spiro atoms. The van der Waals surface area contributed by atoms with E-state index in [1.807, 2.05) is 0 Å². The highest BCUT2D eigenvalue weighted by molar-refractivity contribution is 7.89. The normalized spacial score (nSPS) is 11.3. The molecule has 0 saturated carbocycles. The molecule has 20 heavy (non-hydrogen) atoms. The van der Waals surface area contributed by atoms with Gasteiger partial charge in [-0.3, -0.25) is 4.79 Å². The lowest BCUT2D eigenvalue weighted by Gasteiger charge is -2.07. The van der Waals surface area contributed by atoms with Crippen LogP contribution in [0, 0.1) is 5.82 Å². The van der Waals surface area contributed by atoms with Crippen LogP contribution in [0.15, 0.2) is 23.1 Å². The van der Waals surface area contributed by atoms with Gasteiger partial charge in [0.1, 0.15) is 10.7 Å². The quantitative estimate of drug-likeness (QED) is 0.722. The Labute approximate surface area is 117 Å². The van der Waals surface area contributed by atoms with Gasteiger partial charge in [-0.15, -0.1) is 0 Å². The minimum atomic E-state index is -4.19. The molecule has 6 nitrogen and oxygen atoms in total. The number of hydrogen-bond donors (Lipinski definition) is 2. The molecule has 0 aliphatic heterocycles. The van der Waals surface area contributed by atoms with Crippen LogP contribution in [0.3, 0.4) is 0 Å². The number of unbranched alkanes of at least 4 members (excludes halogenated alkanes) is 1. The molecule has 0 aliphatic carbocycles. The lowest BCUT2D eigenvalue weighted by Crippen LogP contribution is -2.25. The number of nitrogens with one attached hydrogen (secondary N) is 1. The van der Waals surface area contributed by atoms with Gasteiger partial charge in [0.2, 0.25) is 10.0 Å². The minimum absolute atomic E-state index is 0.0437. The molecule has 0 saturated heterocycles. The first-order valence-electron chi connectivity index (χ1n) is 5.95. The van der Waals surface area contributed by atoms with E-state index in [9.17, 15) is 17.6 Å². The summed E-state index contributed by atoms with van der Waals surface area (Å²) in [5.41, 5.74) is 0.0437. The lowest BCUT2D eigenvalue weighted by molar-refractivity contribution is 0.0951. The van der Waals surface area contributed by atoms with E-state index in [1.165, 1.54) is 6.07 Å². The second-order valence-electron chi connectivity index (χ2n) is 4.15. The van der Waals surface area contributed by atoms with E-state index in [0.717, 1.165) is 25.0 Å². The fourth-order valence-electron chi connectivity index (χ4n) is 1.54. The van der Waals surface area contributed by atoms with E-state index in [2.05, 4.69) is 5.32 Å². The molecule has 0 heterocycles. The van der Waals surface area contributed by atoms with Gasteiger partial charge in [-0.25, -0.2) is 17.9 Å². The average molecular weight is 304 g/mol. The lowest BCUT2D eigenvalue weighted by atomic mass is 10.2. The van der Waals surface area contributed by atoms with Gasteiger partial charge in [-0.2, -0.15) is 0 Å². The number of ether oxygens (including phenoxy) is 1. The molecule has 1 aromatic rings. The Kier molecular flexibility index (Phi) is 6.05. The van der Waals surface area contributed by atoms with Crippen molar-refractivity contribution in [2.24, 2.45) is 5.14 Å². The molecule has 1 amide bonds. The van der Waals surface area contributed by atoms with Gasteiger partial charge < -0.3 is 10.1 Å². The van der Waals surface area contributed by atoms with Crippen molar-refractivity contribution in [1.29, 1.82) is 0 Å². The number of benzene rings is 1. The molecule has 0 fully saturated rings. The minimum Gasteiger partial charge on any atom is -0.385 e. The van der Waals surface area contributed by atoms with Gasteiger partial charge in [0.15, 0.2) is 0 Å². The molecule has 112 valence electrons. The summed E-state index contributed by atoms with van der Waals surface area (Å²) in [4.78, 5) is 11.1. The van der Waals surface area contributed by atoms with Crippen LogP contribution in [-0.4, -0.2) is 34.6 Å². The molecule has 0 aromatic heterocycles. The highest BCUT2D eigenvalue weighted by Gasteiger charge is 2.17. The number of sulfonamides is 1. The first-order chi connectivity index (χ1) is 9.36. The van der Waals surface area contributed by atoms with Gasteiger partial charge in [-0.05, 0) is 31.0 Å². The Balaban J connectivity index is 2.70. The first-order valence-corrected chi connectivity index (χ1v) is 7.50. The van der Waals surface area contributed by atoms with Gasteiger partial charge in [0.05, 0.1) is 0 Å². The smallest absolute Gasteiger partial charge is 0.251 e. The monoisotopic (exact) mass is 304 g/mol. The standard InChI is InChI=1S/C12H17FN2O4S/c1-19-7-3-2-6-15-12(16)9-4-5-10(13)11(8-9)20(14,17)18/h4-5,8H,2-3,6-7H2,1H3,(H,15,16)(H2,14,17,18). The third kappa shape index (κ3) is 4.87. The van der Waals surface area contributed by atoms with Crippen LogP contribution in [-0.2, 0) is 14.8 Å². The maximum absolute atomic E-state index is 13.3. The highest BCUT2D eigenvalue weighted by Crippen LogP contribution is 2.14. The van der Waals surface area contributed by atoms with Crippen molar-refractivity contribution in [3.05, 3.63) is 29.6 Å². The summed E-state index contributed by atoms with van der Waals surface area (Å²) in [5, 5.41) is 7.47. The van der Waals surface area contributed by atoms with Gasteiger partial charge in [0.25, 0.3) is 5.91 Å². The number of rotatable bonds is 7. The summed E-state index contributed by atoms with van der Waals surface area (Å²) in [6, 6.07) is 3.03. The molecular weight excluding hydrogens is 287 g/mol. The Morgan fingerprint density at radius 3 is 2.70 bits per heavy atom. The summed E-state index contributed by atoms with van der Waals surface area (Å²) >= 11 is 0. The Bertz CT molecular complexity index is 575. The largest absolute Gasteiger partial charge is 0.385 e. The molecule has 1 aromatic carbocycles. The van der Waals surface area contributed by atoms with E-state index in [4.69, 9.17) is 9.88 Å². The van der Waals surface area contributed by atoms with Crippen LogP contribution < -0.4 is 10.5 Å². The van der Waals surface area contributed by atoms with Gasteiger partial charge >= 0.3 is 0 Å². The average Bonchev–Trinajstić information content (AvgIpc) is 2.37. The van der Waals surface area contributed by atoms with Crippen LogP contribution in [0.25, 0.3) is 0 Å². The zero-order valence-electron chi connectivity index (χ0n) is 11.1. The maximum atomic E-state index is 13.3. The maximum Gasteiger partial charge on any atom is 0.251 e. The molecule has 0 bridgehead atoms. The number of carbonyl (C=O) groups is 1. The van der Waals surface area contributed by atoms with Crippen molar-refractivity contribution in [2.75, 3.05) is 20.3 Å². The van der Waals surface area contributed by atoms with Crippen molar-refractivity contribution < 1.29 is 22.3 Å². The Hall–Kier alpha value is -1.51. The fourth-order valence-corrected chi connectivity index (χ4v) is 2.17. The van der Waals surface area contributed by atoms with Gasteiger partial charge in [0, 0.05) is 25.8 Å². The number of carbonyl (C=O) groups excluding carboxylic acids is 1. The molecule has 0 aliphatic rings. The topological polar surface area (TPSA) is 98.5 Å². The third-order valence-corrected chi connectivity index (χ3v) is 3.49. The second kappa shape index (κ2) is 7.32. The molecule has 1 rings (SSSR count). The van der Waals surface area contributed by atoms with Crippen molar-refractivity contribution in [2.45, 2.75) is 17.7 Å². The SMILES string of the molecule is COCCCCNC(=O)c1ccc(F)c(S(N)(=O)=O)c1. The number of amides is 1. The number of methoxy groups -OCH3 is 1. The second-order valence-corrected chi connectivity index (χ2v) is 5.68. The molecule has 0 radical (unpaired) electrons. The molecule has 8 heteroatoms. The Morgan fingerprint density at radius 1 is 1.40 bits per heavy atom. The van der Waals surface area contributed by atoms with Crippen molar-refractivity contribution in [1.82, 2.24) is 5.32 Å². The first kappa shape index (κ1) is 16.5. The summed E-state index contributed by atoms with van der Waals surface area (Å²) in [6.07, 6.45) is 1.52.